The topological polar surface area (TPSA) is 36.8 Å². The SMILES string of the molecule is CC1=NC2N=CCC2=C(Cl)N1. The Morgan fingerprint density at radius 1 is 1.73 bits per heavy atom. The summed E-state index contributed by atoms with van der Waals surface area (Å²) in [6, 6.07) is 0. The van der Waals surface area contributed by atoms with Gasteiger partial charge in [0.05, 0.1) is 0 Å². The zero-order chi connectivity index (χ0) is 7.84. The molecule has 0 aromatic rings. The van der Waals surface area contributed by atoms with Crippen LogP contribution < -0.4 is 5.32 Å². The van der Waals surface area contributed by atoms with E-state index in [1.165, 1.54) is 0 Å². The van der Waals surface area contributed by atoms with Gasteiger partial charge in [0.15, 0.2) is 6.17 Å². The van der Waals surface area contributed by atoms with Gasteiger partial charge in [0.2, 0.25) is 0 Å². The molecule has 2 aliphatic heterocycles. The first-order valence-electron chi connectivity index (χ1n) is 3.49. The van der Waals surface area contributed by atoms with E-state index in [0.717, 1.165) is 17.8 Å². The molecular formula is C7H8ClN3. The molecule has 0 radical (unpaired) electrons. The van der Waals surface area contributed by atoms with Crippen LogP contribution in [0.5, 0.6) is 0 Å². The number of nitrogens with zero attached hydrogens (tertiary/aromatic N) is 2. The van der Waals surface area contributed by atoms with E-state index in [-0.39, 0.29) is 6.17 Å². The summed E-state index contributed by atoms with van der Waals surface area (Å²) < 4.78 is 0. The summed E-state index contributed by atoms with van der Waals surface area (Å²) in [7, 11) is 0. The molecule has 2 aliphatic rings. The fourth-order valence-electron chi connectivity index (χ4n) is 1.22. The van der Waals surface area contributed by atoms with Crippen molar-refractivity contribution in [1.82, 2.24) is 5.32 Å². The number of rotatable bonds is 0. The molecule has 1 atom stereocenters. The zero-order valence-corrected chi connectivity index (χ0v) is 6.89. The maximum absolute atomic E-state index is 5.92. The van der Waals surface area contributed by atoms with Crippen molar-refractivity contribution in [2.24, 2.45) is 9.98 Å². The van der Waals surface area contributed by atoms with Crippen molar-refractivity contribution in [3.8, 4) is 0 Å². The van der Waals surface area contributed by atoms with Crippen molar-refractivity contribution < 1.29 is 0 Å². The first-order valence-corrected chi connectivity index (χ1v) is 3.87. The summed E-state index contributed by atoms with van der Waals surface area (Å²) in [6.07, 6.45) is 2.64. The van der Waals surface area contributed by atoms with E-state index in [1.807, 2.05) is 13.1 Å². The molecule has 3 nitrogen and oxygen atoms in total. The number of hydrogen-bond donors (Lipinski definition) is 1. The maximum atomic E-state index is 5.92. The second kappa shape index (κ2) is 2.34. The van der Waals surface area contributed by atoms with Gasteiger partial charge in [-0.15, -0.1) is 0 Å². The highest BCUT2D eigenvalue weighted by Gasteiger charge is 2.23. The van der Waals surface area contributed by atoms with Gasteiger partial charge in [-0.25, -0.2) is 4.99 Å². The van der Waals surface area contributed by atoms with E-state index in [9.17, 15) is 0 Å². The molecule has 0 aromatic heterocycles. The van der Waals surface area contributed by atoms with Gasteiger partial charge in [0.25, 0.3) is 0 Å². The largest absolute Gasteiger partial charge is 0.335 e. The van der Waals surface area contributed by atoms with Gasteiger partial charge >= 0.3 is 0 Å². The van der Waals surface area contributed by atoms with Crippen LogP contribution in [0.2, 0.25) is 0 Å². The number of aliphatic imine (C=N–C) groups is 2. The molecule has 58 valence electrons. The molecule has 0 saturated carbocycles. The second-order valence-electron chi connectivity index (χ2n) is 2.59. The molecule has 0 fully saturated rings. The van der Waals surface area contributed by atoms with E-state index in [1.54, 1.807) is 0 Å². The Morgan fingerprint density at radius 3 is 3.36 bits per heavy atom. The molecule has 0 aromatic carbocycles. The molecular weight excluding hydrogens is 162 g/mol. The molecule has 1 N–H and O–H groups in total. The Balaban J connectivity index is 2.36. The first-order chi connectivity index (χ1) is 5.27. The van der Waals surface area contributed by atoms with E-state index < -0.39 is 0 Å². The van der Waals surface area contributed by atoms with Gasteiger partial charge in [-0.05, 0) is 6.92 Å². The van der Waals surface area contributed by atoms with Crippen LogP contribution in [0, 0.1) is 0 Å². The smallest absolute Gasteiger partial charge is 0.166 e. The Morgan fingerprint density at radius 2 is 2.55 bits per heavy atom. The Bertz CT molecular complexity index is 277. The van der Waals surface area contributed by atoms with Crippen molar-refractivity contribution in [1.29, 1.82) is 0 Å². The van der Waals surface area contributed by atoms with Gasteiger partial charge in [0.1, 0.15) is 11.0 Å². The molecule has 2 rings (SSSR count). The molecule has 0 aliphatic carbocycles. The number of nitrogens with one attached hydrogen (secondary N) is 1. The van der Waals surface area contributed by atoms with Crippen LogP contribution in [0.4, 0.5) is 0 Å². The lowest BCUT2D eigenvalue weighted by Gasteiger charge is -2.16. The molecule has 1 unspecified atom stereocenters. The van der Waals surface area contributed by atoms with Crippen LogP contribution in [0.15, 0.2) is 20.7 Å². The van der Waals surface area contributed by atoms with E-state index in [4.69, 9.17) is 11.6 Å². The summed E-state index contributed by atoms with van der Waals surface area (Å²) in [5.41, 5.74) is 1.08. The number of fused-ring (bicyclic) bond motifs is 1. The fraction of sp³-hybridized carbons (Fsp3) is 0.429. The molecule has 11 heavy (non-hydrogen) atoms. The lowest BCUT2D eigenvalue weighted by Crippen LogP contribution is -2.26. The van der Waals surface area contributed by atoms with Crippen molar-refractivity contribution in [3.05, 3.63) is 10.7 Å². The van der Waals surface area contributed by atoms with Crippen LogP contribution in [0.3, 0.4) is 0 Å². The lowest BCUT2D eigenvalue weighted by atomic mass is 10.2. The highest BCUT2D eigenvalue weighted by Crippen LogP contribution is 2.25. The Kier molecular flexibility index (Phi) is 1.46. The Labute approximate surface area is 69.9 Å². The highest BCUT2D eigenvalue weighted by atomic mass is 35.5. The van der Waals surface area contributed by atoms with Gasteiger partial charge in [-0.1, -0.05) is 11.6 Å². The normalized spacial score (nSPS) is 28.2. The summed E-state index contributed by atoms with van der Waals surface area (Å²) in [5.74, 6) is 0.836. The van der Waals surface area contributed by atoms with Crippen LogP contribution in [-0.4, -0.2) is 18.2 Å². The van der Waals surface area contributed by atoms with Crippen molar-refractivity contribution in [3.63, 3.8) is 0 Å². The summed E-state index contributed by atoms with van der Waals surface area (Å²) in [4.78, 5) is 8.42. The minimum Gasteiger partial charge on any atom is -0.335 e. The summed E-state index contributed by atoms with van der Waals surface area (Å²) in [6.45, 7) is 1.88. The molecule has 0 saturated heterocycles. The summed E-state index contributed by atoms with van der Waals surface area (Å²) in [5, 5.41) is 3.66. The highest BCUT2D eigenvalue weighted by molar-refractivity contribution is 6.31. The third-order valence-corrected chi connectivity index (χ3v) is 2.10. The standard InChI is InChI=1S/C7H8ClN3/c1-4-10-6(8)5-2-3-9-7(5)11-4/h3,7H,2H2,1H3,(H,10,11). The van der Waals surface area contributed by atoms with Crippen LogP contribution >= 0.6 is 11.6 Å². The van der Waals surface area contributed by atoms with Gasteiger partial charge in [-0.3, -0.25) is 4.99 Å². The van der Waals surface area contributed by atoms with Crippen LogP contribution in [-0.2, 0) is 0 Å². The predicted molar refractivity (Wildman–Crippen MR) is 46.0 cm³/mol. The van der Waals surface area contributed by atoms with E-state index in [0.29, 0.717) is 5.16 Å². The average molecular weight is 170 g/mol. The van der Waals surface area contributed by atoms with Crippen LogP contribution in [0.1, 0.15) is 13.3 Å². The average Bonchev–Trinajstić information content (AvgIpc) is 2.34. The number of hydrogen-bond acceptors (Lipinski definition) is 3. The number of halogens is 1. The van der Waals surface area contributed by atoms with Crippen molar-refractivity contribution in [2.75, 3.05) is 0 Å². The first kappa shape index (κ1) is 6.85. The third-order valence-electron chi connectivity index (χ3n) is 1.76. The third kappa shape index (κ3) is 1.05. The van der Waals surface area contributed by atoms with Crippen LogP contribution in [0.25, 0.3) is 0 Å². The second-order valence-corrected chi connectivity index (χ2v) is 2.97. The molecule has 0 bridgehead atoms. The summed E-state index contributed by atoms with van der Waals surface area (Å²) >= 11 is 5.92. The van der Waals surface area contributed by atoms with Gasteiger partial charge < -0.3 is 5.32 Å². The minimum absolute atomic E-state index is 0.0382. The van der Waals surface area contributed by atoms with E-state index in [2.05, 4.69) is 15.3 Å². The number of amidine groups is 1. The lowest BCUT2D eigenvalue weighted by molar-refractivity contribution is 0.802. The van der Waals surface area contributed by atoms with Crippen molar-refractivity contribution in [2.45, 2.75) is 19.5 Å². The fourth-order valence-corrected chi connectivity index (χ4v) is 1.53. The minimum atomic E-state index is -0.0382. The zero-order valence-electron chi connectivity index (χ0n) is 6.13. The Hall–Kier alpha value is -0.830. The predicted octanol–water partition coefficient (Wildman–Crippen LogP) is 1.26. The maximum Gasteiger partial charge on any atom is 0.166 e. The quantitative estimate of drug-likeness (QED) is 0.545. The molecule has 0 spiro atoms. The van der Waals surface area contributed by atoms with Gasteiger partial charge in [-0.2, -0.15) is 0 Å². The van der Waals surface area contributed by atoms with Gasteiger partial charge in [0, 0.05) is 18.2 Å². The molecule has 4 heteroatoms. The monoisotopic (exact) mass is 169 g/mol. The molecule has 2 heterocycles. The molecule has 0 amide bonds. The van der Waals surface area contributed by atoms with E-state index >= 15 is 0 Å². The van der Waals surface area contributed by atoms with Crippen molar-refractivity contribution >= 4 is 23.7 Å².